The molecule has 0 bridgehead atoms. The van der Waals surface area contributed by atoms with Gasteiger partial charge in [-0.2, -0.15) is 0 Å². The number of aryl methyl sites for hydroxylation is 1. The van der Waals surface area contributed by atoms with Gasteiger partial charge in [-0.25, -0.2) is 0 Å². The third-order valence-corrected chi connectivity index (χ3v) is 5.97. The van der Waals surface area contributed by atoms with E-state index in [4.69, 9.17) is 21.7 Å². The van der Waals surface area contributed by atoms with E-state index < -0.39 is 0 Å². The van der Waals surface area contributed by atoms with Gasteiger partial charge >= 0.3 is 0 Å². The predicted octanol–water partition coefficient (Wildman–Crippen LogP) is 6.71. The zero-order valence-corrected chi connectivity index (χ0v) is 21.3. The van der Waals surface area contributed by atoms with Crippen LogP contribution in [0.25, 0.3) is 0 Å². The fourth-order valence-electron chi connectivity index (χ4n) is 3.60. The van der Waals surface area contributed by atoms with Crippen LogP contribution >= 0.6 is 12.2 Å². The maximum atomic E-state index is 5.87. The molecule has 0 saturated carbocycles. The van der Waals surface area contributed by atoms with Crippen molar-refractivity contribution >= 4 is 23.0 Å². The second-order valence-corrected chi connectivity index (χ2v) is 9.67. The number of thiocarbonyl (C=S) groups is 1. The number of hydrogen-bond acceptors (Lipinski definition) is 3. The summed E-state index contributed by atoms with van der Waals surface area (Å²) in [7, 11) is 3.35. The highest BCUT2D eigenvalue weighted by molar-refractivity contribution is 7.80. The zero-order valence-electron chi connectivity index (χ0n) is 20.4. The van der Waals surface area contributed by atoms with Crippen LogP contribution in [0, 0.1) is 6.92 Å². The van der Waals surface area contributed by atoms with Crippen molar-refractivity contribution in [3.63, 3.8) is 0 Å². The molecule has 0 fully saturated rings. The Kier molecular flexibility index (Phi) is 7.98. The average molecular weight is 463 g/mol. The van der Waals surface area contributed by atoms with Crippen molar-refractivity contribution < 1.29 is 9.47 Å². The summed E-state index contributed by atoms with van der Waals surface area (Å²) in [5.41, 5.74) is 5.81. The smallest absolute Gasteiger partial charge is 0.174 e. The monoisotopic (exact) mass is 462 g/mol. The first-order chi connectivity index (χ1) is 15.7. The normalized spacial score (nSPS) is 11.1. The summed E-state index contributed by atoms with van der Waals surface area (Å²) in [5.74, 6) is 1.61. The van der Waals surface area contributed by atoms with E-state index in [9.17, 15) is 0 Å². The molecule has 0 atom stereocenters. The number of ether oxygens (including phenoxy) is 2. The van der Waals surface area contributed by atoms with E-state index in [-0.39, 0.29) is 5.41 Å². The quantitative estimate of drug-likeness (QED) is 0.395. The Hall–Kier alpha value is -3.05. The third kappa shape index (κ3) is 6.72. The molecule has 0 amide bonds. The van der Waals surface area contributed by atoms with Crippen LogP contribution in [0.2, 0.25) is 0 Å². The second-order valence-electron chi connectivity index (χ2n) is 9.28. The lowest BCUT2D eigenvalue weighted by molar-refractivity contribution is 0.405. The highest BCUT2D eigenvalue weighted by Crippen LogP contribution is 2.27. The fourth-order valence-corrected chi connectivity index (χ4v) is 3.83. The summed E-state index contributed by atoms with van der Waals surface area (Å²) >= 11 is 5.87. The van der Waals surface area contributed by atoms with Crippen LogP contribution in [-0.4, -0.2) is 24.2 Å². The molecule has 0 aliphatic rings. The first-order valence-corrected chi connectivity index (χ1v) is 11.5. The number of rotatable bonds is 7. The molecule has 0 saturated heterocycles. The van der Waals surface area contributed by atoms with E-state index >= 15 is 0 Å². The number of methoxy groups -OCH3 is 2. The molecule has 0 aliphatic carbocycles. The summed E-state index contributed by atoms with van der Waals surface area (Å²) in [5, 5.41) is 4.06. The lowest BCUT2D eigenvalue weighted by Gasteiger charge is -2.27. The first kappa shape index (κ1) is 24.6. The molecule has 4 nitrogen and oxygen atoms in total. The standard InChI is InChI=1S/C28H34N2O2S/c1-20-7-16-26(32-6)25(17-20)29-27(33)30(19-22-10-14-24(31-5)15-11-22)18-21-8-12-23(13-9-21)28(2,3)4/h7-17H,18-19H2,1-6H3,(H,29,33). The van der Waals surface area contributed by atoms with E-state index in [1.165, 1.54) is 11.1 Å². The zero-order chi connectivity index (χ0) is 24.0. The Morgan fingerprint density at radius 1 is 0.848 bits per heavy atom. The summed E-state index contributed by atoms with van der Waals surface area (Å²) in [4.78, 5) is 2.17. The van der Waals surface area contributed by atoms with Crippen molar-refractivity contribution in [3.8, 4) is 11.5 Å². The number of nitrogens with zero attached hydrogens (tertiary/aromatic N) is 1. The molecular weight excluding hydrogens is 428 g/mol. The summed E-state index contributed by atoms with van der Waals surface area (Å²) < 4.78 is 10.8. The van der Waals surface area contributed by atoms with Gasteiger partial charge in [0.15, 0.2) is 5.11 Å². The Morgan fingerprint density at radius 2 is 1.42 bits per heavy atom. The maximum Gasteiger partial charge on any atom is 0.174 e. The van der Waals surface area contributed by atoms with Gasteiger partial charge in [0.05, 0.1) is 19.9 Å². The highest BCUT2D eigenvalue weighted by Gasteiger charge is 2.16. The Bertz CT molecular complexity index is 1070. The van der Waals surface area contributed by atoms with E-state index in [1.807, 2.05) is 24.3 Å². The number of hydrogen-bond donors (Lipinski definition) is 1. The molecule has 3 aromatic rings. The van der Waals surface area contributed by atoms with Crippen molar-refractivity contribution in [2.45, 2.75) is 46.2 Å². The Morgan fingerprint density at radius 3 is 1.94 bits per heavy atom. The van der Waals surface area contributed by atoms with Crippen LogP contribution in [0.3, 0.4) is 0 Å². The largest absolute Gasteiger partial charge is 0.497 e. The molecule has 33 heavy (non-hydrogen) atoms. The van der Waals surface area contributed by atoms with Gasteiger partial charge in [0, 0.05) is 13.1 Å². The van der Waals surface area contributed by atoms with Gasteiger partial charge in [0.25, 0.3) is 0 Å². The first-order valence-electron chi connectivity index (χ1n) is 11.1. The number of anilines is 1. The van der Waals surface area contributed by atoms with Crippen molar-refractivity contribution in [1.82, 2.24) is 4.90 Å². The van der Waals surface area contributed by atoms with Crippen molar-refractivity contribution in [3.05, 3.63) is 89.0 Å². The molecule has 0 unspecified atom stereocenters. The van der Waals surface area contributed by atoms with Crippen LogP contribution in [0.15, 0.2) is 66.7 Å². The molecule has 174 valence electrons. The minimum atomic E-state index is 0.125. The molecule has 3 rings (SSSR count). The van der Waals surface area contributed by atoms with E-state index in [1.54, 1.807) is 14.2 Å². The summed E-state index contributed by atoms with van der Waals surface area (Å²) in [6, 6.07) is 22.9. The molecular formula is C28H34N2O2S. The minimum absolute atomic E-state index is 0.125. The molecule has 5 heteroatoms. The minimum Gasteiger partial charge on any atom is -0.497 e. The van der Waals surface area contributed by atoms with Crippen LogP contribution < -0.4 is 14.8 Å². The van der Waals surface area contributed by atoms with Crippen LogP contribution in [0.1, 0.15) is 43.0 Å². The van der Waals surface area contributed by atoms with Gasteiger partial charge in [-0.15, -0.1) is 0 Å². The van der Waals surface area contributed by atoms with Gasteiger partial charge in [0.2, 0.25) is 0 Å². The third-order valence-electron chi connectivity index (χ3n) is 5.61. The highest BCUT2D eigenvalue weighted by atomic mass is 32.1. The fraction of sp³-hybridized carbons (Fsp3) is 0.321. The van der Waals surface area contributed by atoms with Gasteiger partial charge in [-0.1, -0.05) is 63.2 Å². The molecule has 0 aromatic heterocycles. The molecule has 1 N–H and O–H groups in total. The molecule has 0 radical (unpaired) electrons. The second kappa shape index (κ2) is 10.7. The molecule has 0 heterocycles. The number of benzene rings is 3. The van der Waals surface area contributed by atoms with Crippen molar-refractivity contribution in [1.29, 1.82) is 0 Å². The lowest BCUT2D eigenvalue weighted by Crippen LogP contribution is -2.34. The Labute approximate surface area is 203 Å². The SMILES string of the molecule is COc1ccc(CN(Cc2ccc(C(C)(C)C)cc2)C(=S)Nc2cc(C)ccc2OC)cc1. The lowest BCUT2D eigenvalue weighted by atomic mass is 9.87. The molecule has 0 spiro atoms. The summed E-state index contributed by atoms with van der Waals surface area (Å²) in [6.07, 6.45) is 0. The molecule has 3 aromatic carbocycles. The van der Waals surface area contributed by atoms with Gasteiger partial charge in [-0.3, -0.25) is 0 Å². The van der Waals surface area contributed by atoms with E-state index in [0.29, 0.717) is 18.2 Å². The van der Waals surface area contributed by atoms with Crippen LogP contribution in [-0.2, 0) is 18.5 Å². The van der Waals surface area contributed by atoms with Gasteiger partial charge in [-0.05, 0) is 71.1 Å². The Balaban J connectivity index is 1.85. The maximum absolute atomic E-state index is 5.87. The number of nitrogens with one attached hydrogen (secondary N) is 1. The van der Waals surface area contributed by atoms with E-state index in [0.717, 1.165) is 28.3 Å². The van der Waals surface area contributed by atoms with Crippen LogP contribution in [0.5, 0.6) is 11.5 Å². The van der Waals surface area contributed by atoms with Crippen molar-refractivity contribution in [2.24, 2.45) is 0 Å². The van der Waals surface area contributed by atoms with Crippen LogP contribution in [0.4, 0.5) is 5.69 Å². The summed E-state index contributed by atoms with van der Waals surface area (Å²) in [6.45, 7) is 10.1. The van der Waals surface area contributed by atoms with Gasteiger partial charge < -0.3 is 19.7 Å². The van der Waals surface area contributed by atoms with Crippen molar-refractivity contribution in [2.75, 3.05) is 19.5 Å². The molecule has 0 aliphatic heterocycles. The van der Waals surface area contributed by atoms with E-state index in [2.05, 4.69) is 80.4 Å². The topological polar surface area (TPSA) is 33.7 Å². The predicted molar refractivity (Wildman–Crippen MR) is 141 cm³/mol. The van der Waals surface area contributed by atoms with Gasteiger partial charge in [0.1, 0.15) is 11.5 Å². The average Bonchev–Trinajstić information content (AvgIpc) is 2.79.